The minimum Gasteiger partial charge on any atom is -0.324 e. The number of carbonyl (C=O) groups is 3. The van der Waals surface area contributed by atoms with Gasteiger partial charge >= 0.3 is 0 Å². The zero-order chi connectivity index (χ0) is 24.9. The lowest BCUT2D eigenvalue weighted by Gasteiger charge is -2.33. The van der Waals surface area contributed by atoms with E-state index in [-0.39, 0.29) is 30.0 Å². The minimum absolute atomic E-state index is 0.122. The molecule has 0 radical (unpaired) electrons. The summed E-state index contributed by atoms with van der Waals surface area (Å²) in [5, 5.41) is 2.95. The molecular formula is C28H27N3O3S. The molecule has 1 N–H and O–H groups in total. The van der Waals surface area contributed by atoms with Gasteiger partial charge in [-0.3, -0.25) is 24.2 Å². The second kappa shape index (κ2) is 8.57. The molecule has 1 atom stereocenters. The van der Waals surface area contributed by atoms with Crippen molar-refractivity contribution in [1.29, 1.82) is 0 Å². The summed E-state index contributed by atoms with van der Waals surface area (Å²) >= 11 is 1.32. The Hall–Kier alpha value is -3.58. The number of rotatable bonds is 4. The number of hydrogen-bond acceptors (Lipinski definition) is 4. The molecule has 0 bridgehead atoms. The summed E-state index contributed by atoms with van der Waals surface area (Å²) in [5.74, 6) is -0.492. The number of carbonyl (C=O) groups excluding carboxylic acids is 3. The molecule has 1 spiro atoms. The molecule has 5 rings (SSSR count). The summed E-state index contributed by atoms with van der Waals surface area (Å²) in [5.41, 5.74) is 6.96. The maximum atomic E-state index is 14.1. The molecule has 6 nitrogen and oxygen atoms in total. The highest BCUT2D eigenvalue weighted by molar-refractivity contribution is 8.02. The lowest BCUT2D eigenvalue weighted by molar-refractivity contribution is -0.124. The van der Waals surface area contributed by atoms with Gasteiger partial charge < -0.3 is 5.32 Å². The molecule has 178 valence electrons. The quantitative estimate of drug-likeness (QED) is 0.574. The van der Waals surface area contributed by atoms with E-state index in [0.29, 0.717) is 11.4 Å². The van der Waals surface area contributed by atoms with Crippen molar-refractivity contribution in [1.82, 2.24) is 0 Å². The van der Waals surface area contributed by atoms with Gasteiger partial charge in [-0.1, -0.05) is 36.4 Å². The van der Waals surface area contributed by atoms with E-state index in [0.717, 1.165) is 33.5 Å². The number of nitrogens with zero attached hydrogens (tertiary/aromatic N) is 2. The van der Waals surface area contributed by atoms with Crippen LogP contribution in [0.15, 0.2) is 60.7 Å². The number of amides is 3. The lowest BCUT2D eigenvalue weighted by atomic mass is 10.0. The third-order valence-corrected chi connectivity index (χ3v) is 8.17. The predicted molar refractivity (Wildman–Crippen MR) is 141 cm³/mol. The summed E-state index contributed by atoms with van der Waals surface area (Å²) < 4.78 is 0. The Morgan fingerprint density at radius 3 is 2.46 bits per heavy atom. The van der Waals surface area contributed by atoms with Crippen LogP contribution in [-0.4, -0.2) is 30.0 Å². The van der Waals surface area contributed by atoms with Crippen molar-refractivity contribution >= 4 is 46.5 Å². The van der Waals surface area contributed by atoms with E-state index in [4.69, 9.17) is 0 Å². The Labute approximate surface area is 209 Å². The summed E-state index contributed by atoms with van der Waals surface area (Å²) in [6.07, 6.45) is 0. The van der Waals surface area contributed by atoms with Gasteiger partial charge in [-0.05, 0) is 74.2 Å². The molecule has 3 amide bonds. The third-order valence-electron chi connectivity index (χ3n) is 6.78. The second-order valence-corrected chi connectivity index (χ2v) is 10.4. The number of anilines is 3. The fraction of sp³-hybridized carbons (Fsp3) is 0.250. The number of aryl methyl sites for hydroxylation is 4. The first-order valence-corrected chi connectivity index (χ1v) is 12.5. The van der Waals surface area contributed by atoms with Crippen molar-refractivity contribution in [2.24, 2.45) is 0 Å². The van der Waals surface area contributed by atoms with E-state index < -0.39 is 4.87 Å². The highest BCUT2D eigenvalue weighted by Crippen LogP contribution is 2.55. The van der Waals surface area contributed by atoms with Crippen LogP contribution in [-0.2, 0) is 19.3 Å². The van der Waals surface area contributed by atoms with Gasteiger partial charge in [0, 0.05) is 16.9 Å². The topological polar surface area (TPSA) is 69.7 Å². The third kappa shape index (κ3) is 3.71. The average molecular weight is 486 g/mol. The van der Waals surface area contributed by atoms with Crippen LogP contribution in [0, 0.1) is 27.7 Å². The van der Waals surface area contributed by atoms with Gasteiger partial charge in [0.1, 0.15) is 6.54 Å². The summed E-state index contributed by atoms with van der Waals surface area (Å²) in [4.78, 5) is 42.3. The van der Waals surface area contributed by atoms with Crippen LogP contribution < -0.4 is 15.1 Å². The van der Waals surface area contributed by atoms with E-state index >= 15 is 0 Å². The SMILES string of the molecule is Cc1ccc(C)c(NC(=O)CN2C(=O)[C@]3(SCC(=O)N3c3ccc(C)c(C)c3)c3ccccc32)c1. The number of thioether (sulfide) groups is 1. The highest BCUT2D eigenvalue weighted by Gasteiger charge is 2.61. The minimum atomic E-state index is -1.23. The van der Waals surface area contributed by atoms with Gasteiger partial charge in [-0.25, -0.2) is 0 Å². The van der Waals surface area contributed by atoms with Gasteiger partial charge in [0.05, 0.1) is 11.4 Å². The number of nitrogens with one attached hydrogen (secondary N) is 1. The van der Waals surface area contributed by atoms with E-state index in [1.54, 1.807) is 4.90 Å². The Kier molecular flexibility index (Phi) is 5.68. The van der Waals surface area contributed by atoms with Gasteiger partial charge in [-0.15, -0.1) is 11.8 Å². The molecular weight excluding hydrogens is 458 g/mol. The van der Waals surface area contributed by atoms with Crippen LogP contribution >= 0.6 is 11.8 Å². The van der Waals surface area contributed by atoms with Crippen LogP contribution in [0.25, 0.3) is 0 Å². The molecule has 0 aliphatic carbocycles. The number of fused-ring (bicyclic) bond motifs is 2. The molecule has 2 aliphatic heterocycles. The van der Waals surface area contributed by atoms with E-state index in [9.17, 15) is 14.4 Å². The molecule has 2 heterocycles. The maximum Gasteiger partial charge on any atom is 0.269 e. The summed E-state index contributed by atoms with van der Waals surface area (Å²) in [7, 11) is 0. The Bertz CT molecular complexity index is 1390. The second-order valence-electron chi connectivity index (χ2n) is 9.21. The molecule has 3 aromatic carbocycles. The molecule has 0 aromatic heterocycles. The first kappa shape index (κ1) is 23.2. The van der Waals surface area contributed by atoms with Crippen LogP contribution in [0.2, 0.25) is 0 Å². The first-order chi connectivity index (χ1) is 16.7. The van der Waals surface area contributed by atoms with Crippen LogP contribution in [0.5, 0.6) is 0 Å². The zero-order valence-corrected chi connectivity index (χ0v) is 21.0. The van der Waals surface area contributed by atoms with Gasteiger partial charge in [0.25, 0.3) is 5.91 Å². The smallest absolute Gasteiger partial charge is 0.269 e. The van der Waals surface area contributed by atoms with Crippen LogP contribution in [0.3, 0.4) is 0 Å². The molecule has 7 heteroatoms. The molecule has 2 aliphatic rings. The Morgan fingerprint density at radius 1 is 0.943 bits per heavy atom. The fourth-order valence-electron chi connectivity index (χ4n) is 4.78. The summed E-state index contributed by atoms with van der Waals surface area (Å²) in [6, 6.07) is 19.1. The number of hydrogen-bond donors (Lipinski definition) is 1. The fourth-order valence-corrected chi connectivity index (χ4v) is 6.14. The zero-order valence-electron chi connectivity index (χ0n) is 20.2. The summed E-state index contributed by atoms with van der Waals surface area (Å²) in [6.45, 7) is 7.77. The van der Waals surface area contributed by atoms with Gasteiger partial charge in [-0.2, -0.15) is 0 Å². The Balaban J connectivity index is 1.52. The lowest BCUT2D eigenvalue weighted by Crippen LogP contribution is -2.51. The van der Waals surface area contributed by atoms with Gasteiger partial charge in [0.15, 0.2) is 0 Å². The van der Waals surface area contributed by atoms with Gasteiger partial charge in [0.2, 0.25) is 16.7 Å². The van der Waals surface area contributed by atoms with Crippen LogP contribution in [0.4, 0.5) is 17.1 Å². The Morgan fingerprint density at radius 2 is 1.69 bits per heavy atom. The maximum absolute atomic E-state index is 14.1. The van der Waals surface area contributed by atoms with Crippen LogP contribution in [0.1, 0.15) is 27.8 Å². The number of benzene rings is 3. The monoisotopic (exact) mass is 485 g/mol. The highest BCUT2D eigenvalue weighted by atomic mass is 32.2. The molecule has 1 fully saturated rings. The number of para-hydroxylation sites is 1. The van der Waals surface area contributed by atoms with Crippen molar-refractivity contribution in [2.75, 3.05) is 27.4 Å². The standard InChI is InChI=1S/C28H27N3O3S/c1-17-9-10-19(3)23(13-17)29-25(32)15-30-24-8-6-5-7-22(24)28(27(30)34)31(26(33)16-35-28)21-12-11-18(2)20(4)14-21/h5-14H,15-16H2,1-4H3,(H,29,32)/t28-/m1/s1. The predicted octanol–water partition coefficient (Wildman–Crippen LogP) is 4.84. The molecule has 1 saturated heterocycles. The van der Waals surface area contributed by atoms with Crippen molar-refractivity contribution in [2.45, 2.75) is 32.6 Å². The largest absolute Gasteiger partial charge is 0.324 e. The molecule has 35 heavy (non-hydrogen) atoms. The average Bonchev–Trinajstić information content (AvgIpc) is 3.29. The molecule has 0 saturated carbocycles. The normalized spacial score (nSPS) is 19.0. The van der Waals surface area contributed by atoms with Crippen molar-refractivity contribution in [3.8, 4) is 0 Å². The van der Waals surface area contributed by atoms with E-state index in [2.05, 4.69) is 5.32 Å². The van der Waals surface area contributed by atoms with Crippen molar-refractivity contribution < 1.29 is 14.4 Å². The molecule has 3 aromatic rings. The van der Waals surface area contributed by atoms with E-state index in [1.165, 1.54) is 16.7 Å². The molecule has 0 unspecified atom stereocenters. The first-order valence-electron chi connectivity index (χ1n) is 11.5. The van der Waals surface area contributed by atoms with Crippen molar-refractivity contribution in [3.05, 3.63) is 88.5 Å². The van der Waals surface area contributed by atoms with E-state index in [1.807, 2.05) is 88.4 Å². The van der Waals surface area contributed by atoms with Crippen molar-refractivity contribution in [3.63, 3.8) is 0 Å².